The molecule has 0 unspecified atom stereocenters. The summed E-state index contributed by atoms with van der Waals surface area (Å²) in [6.45, 7) is 7.70. The van der Waals surface area contributed by atoms with Gasteiger partial charge in [-0.3, -0.25) is 0 Å². The zero-order valence-electron chi connectivity index (χ0n) is 17.7. The van der Waals surface area contributed by atoms with E-state index >= 15 is 0 Å². The second-order valence-corrected chi connectivity index (χ2v) is 7.73. The van der Waals surface area contributed by atoms with E-state index < -0.39 is 11.9 Å². The lowest BCUT2D eigenvalue weighted by atomic mass is 10.1. The molecule has 0 aliphatic heterocycles. The molecule has 0 radical (unpaired) electrons. The summed E-state index contributed by atoms with van der Waals surface area (Å²) in [6, 6.07) is 14.7. The van der Waals surface area contributed by atoms with Crippen LogP contribution in [0.4, 0.5) is 5.69 Å². The molecule has 0 bridgehead atoms. The van der Waals surface area contributed by atoms with Crippen molar-refractivity contribution >= 4 is 35.0 Å². The predicted octanol–water partition coefficient (Wildman–Crippen LogP) is 4.35. The predicted molar refractivity (Wildman–Crippen MR) is 122 cm³/mol. The Morgan fingerprint density at radius 2 is 1.43 bits per heavy atom. The van der Waals surface area contributed by atoms with Crippen LogP contribution in [0.25, 0.3) is 0 Å². The van der Waals surface area contributed by atoms with Gasteiger partial charge in [0.25, 0.3) is 0 Å². The Bertz CT molecular complexity index is 842. The summed E-state index contributed by atoms with van der Waals surface area (Å²) in [6.07, 6.45) is 0.261. The topological polar surface area (TPSA) is 76.7 Å². The Morgan fingerprint density at radius 1 is 0.900 bits per heavy atom. The Hall–Kier alpha value is -2.93. The highest BCUT2D eigenvalue weighted by molar-refractivity contribution is 7.80. The van der Waals surface area contributed by atoms with Gasteiger partial charge in [-0.1, -0.05) is 30.3 Å². The molecule has 30 heavy (non-hydrogen) atoms. The van der Waals surface area contributed by atoms with Crippen molar-refractivity contribution in [3.05, 3.63) is 65.2 Å². The number of carbonyl (C=O) groups is 2. The van der Waals surface area contributed by atoms with E-state index in [9.17, 15) is 9.59 Å². The van der Waals surface area contributed by atoms with Gasteiger partial charge in [0.05, 0.1) is 23.3 Å². The quantitative estimate of drug-likeness (QED) is 0.478. The number of rotatable bonds is 8. The summed E-state index contributed by atoms with van der Waals surface area (Å²) in [4.78, 5) is 24.7. The molecular formula is C23H28N2O4S. The molecular weight excluding hydrogens is 400 g/mol. The molecule has 0 saturated carbocycles. The van der Waals surface area contributed by atoms with Crippen LogP contribution >= 0.6 is 12.2 Å². The lowest BCUT2D eigenvalue weighted by molar-refractivity contribution is 0.0377. The van der Waals surface area contributed by atoms with E-state index in [2.05, 4.69) is 22.8 Å². The van der Waals surface area contributed by atoms with E-state index in [1.807, 2.05) is 18.2 Å². The Kier molecular flexibility index (Phi) is 8.80. The number of anilines is 1. The first-order chi connectivity index (χ1) is 14.2. The van der Waals surface area contributed by atoms with Crippen LogP contribution in [-0.2, 0) is 15.9 Å². The maximum Gasteiger partial charge on any atom is 0.338 e. The van der Waals surface area contributed by atoms with Crippen LogP contribution < -0.4 is 10.6 Å². The molecule has 2 aromatic rings. The van der Waals surface area contributed by atoms with Crippen LogP contribution in [0.2, 0.25) is 0 Å². The Balaban J connectivity index is 2.10. The number of carbonyl (C=O) groups excluding carboxylic acids is 2. The molecule has 160 valence electrons. The second-order valence-electron chi connectivity index (χ2n) is 7.32. The van der Waals surface area contributed by atoms with Crippen molar-refractivity contribution in [3.63, 3.8) is 0 Å². The summed E-state index contributed by atoms with van der Waals surface area (Å²) < 4.78 is 10.5. The fourth-order valence-electron chi connectivity index (χ4n) is 2.64. The average molecular weight is 429 g/mol. The highest BCUT2D eigenvalue weighted by Crippen LogP contribution is 2.18. The number of benzene rings is 2. The van der Waals surface area contributed by atoms with Crippen LogP contribution in [0.3, 0.4) is 0 Å². The smallest absolute Gasteiger partial charge is 0.338 e. The molecule has 7 heteroatoms. The number of hydrogen-bond donors (Lipinski definition) is 2. The molecule has 0 aromatic heterocycles. The molecule has 0 heterocycles. The van der Waals surface area contributed by atoms with Crippen molar-refractivity contribution in [1.29, 1.82) is 0 Å². The fraction of sp³-hybridized carbons (Fsp3) is 0.348. The first kappa shape index (κ1) is 23.3. The minimum atomic E-state index is -0.518. The maximum atomic E-state index is 12.4. The molecule has 0 saturated heterocycles. The van der Waals surface area contributed by atoms with E-state index in [1.165, 1.54) is 11.6 Å². The first-order valence-electron chi connectivity index (χ1n) is 9.90. The van der Waals surface area contributed by atoms with E-state index in [-0.39, 0.29) is 23.3 Å². The molecule has 0 aliphatic rings. The van der Waals surface area contributed by atoms with Crippen molar-refractivity contribution < 1.29 is 19.1 Å². The van der Waals surface area contributed by atoms with Gasteiger partial charge in [-0.25, -0.2) is 9.59 Å². The van der Waals surface area contributed by atoms with Gasteiger partial charge in [-0.2, -0.15) is 0 Å². The van der Waals surface area contributed by atoms with Gasteiger partial charge in [0.1, 0.15) is 0 Å². The van der Waals surface area contributed by atoms with Gasteiger partial charge in [0, 0.05) is 12.2 Å². The molecule has 0 fully saturated rings. The largest absolute Gasteiger partial charge is 0.459 e. The average Bonchev–Trinajstić information content (AvgIpc) is 2.67. The summed E-state index contributed by atoms with van der Waals surface area (Å²) >= 11 is 5.35. The molecule has 2 rings (SSSR count). The first-order valence-corrected chi connectivity index (χ1v) is 10.3. The molecule has 0 atom stereocenters. The number of esters is 2. The summed E-state index contributed by atoms with van der Waals surface area (Å²) in [5, 5.41) is 6.55. The van der Waals surface area contributed by atoms with Crippen molar-refractivity contribution in [2.75, 3.05) is 11.9 Å². The zero-order valence-corrected chi connectivity index (χ0v) is 18.5. The van der Waals surface area contributed by atoms with Gasteiger partial charge in [-0.15, -0.1) is 0 Å². The van der Waals surface area contributed by atoms with Gasteiger partial charge in [0.2, 0.25) is 0 Å². The highest BCUT2D eigenvalue weighted by Gasteiger charge is 2.17. The van der Waals surface area contributed by atoms with Gasteiger partial charge >= 0.3 is 11.9 Å². The van der Waals surface area contributed by atoms with Crippen LogP contribution in [-0.4, -0.2) is 35.8 Å². The minimum Gasteiger partial charge on any atom is -0.459 e. The summed E-state index contributed by atoms with van der Waals surface area (Å²) in [7, 11) is 0. The standard InChI is InChI=1S/C23H28N2O4S/c1-15(2)28-21(26)18-12-19(22(27)29-16(3)4)14-20(13-18)25-23(30)24-11-10-17-8-6-5-7-9-17/h5-9,12-16H,10-11H2,1-4H3,(H2,24,25,30). The van der Waals surface area contributed by atoms with Gasteiger partial charge in [0.15, 0.2) is 5.11 Å². The summed E-state index contributed by atoms with van der Waals surface area (Å²) in [5.74, 6) is -1.04. The minimum absolute atomic E-state index is 0.247. The summed E-state index contributed by atoms with van der Waals surface area (Å²) in [5.41, 5.74) is 2.19. The van der Waals surface area contributed by atoms with Crippen molar-refractivity contribution in [2.45, 2.75) is 46.3 Å². The SMILES string of the molecule is CC(C)OC(=O)c1cc(NC(=S)NCCc2ccccc2)cc(C(=O)OC(C)C)c1. The third-order valence-corrected chi connectivity index (χ3v) is 4.14. The van der Waals surface area contributed by atoms with E-state index in [4.69, 9.17) is 21.7 Å². The van der Waals surface area contributed by atoms with Crippen molar-refractivity contribution in [2.24, 2.45) is 0 Å². The van der Waals surface area contributed by atoms with Crippen LogP contribution in [0, 0.1) is 0 Å². The third kappa shape index (κ3) is 7.83. The van der Waals surface area contributed by atoms with Crippen molar-refractivity contribution in [1.82, 2.24) is 5.32 Å². The van der Waals surface area contributed by atoms with E-state index in [0.717, 1.165) is 6.42 Å². The highest BCUT2D eigenvalue weighted by atomic mass is 32.1. The van der Waals surface area contributed by atoms with Crippen molar-refractivity contribution in [3.8, 4) is 0 Å². The van der Waals surface area contributed by atoms with Gasteiger partial charge in [-0.05, 0) is 70.1 Å². The van der Waals surface area contributed by atoms with Crippen LogP contribution in [0.1, 0.15) is 54.0 Å². The zero-order chi connectivity index (χ0) is 22.1. The number of ether oxygens (including phenoxy) is 2. The third-order valence-electron chi connectivity index (χ3n) is 3.89. The fourth-order valence-corrected chi connectivity index (χ4v) is 2.86. The van der Waals surface area contributed by atoms with Crippen LogP contribution in [0.5, 0.6) is 0 Å². The van der Waals surface area contributed by atoms with Gasteiger partial charge < -0.3 is 20.1 Å². The van der Waals surface area contributed by atoms with E-state index in [1.54, 1.807) is 39.8 Å². The molecule has 0 spiro atoms. The maximum absolute atomic E-state index is 12.4. The number of nitrogens with one attached hydrogen (secondary N) is 2. The lowest BCUT2D eigenvalue weighted by Gasteiger charge is -2.15. The Labute approximate surface area is 183 Å². The number of hydrogen-bond acceptors (Lipinski definition) is 5. The monoisotopic (exact) mass is 428 g/mol. The van der Waals surface area contributed by atoms with Crippen LogP contribution in [0.15, 0.2) is 48.5 Å². The Morgan fingerprint density at radius 3 is 1.93 bits per heavy atom. The molecule has 2 N–H and O–H groups in total. The molecule has 0 aliphatic carbocycles. The van der Waals surface area contributed by atoms with E-state index in [0.29, 0.717) is 17.3 Å². The number of thiocarbonyl (C=S) groups is 1. The molecule has 0 amide bonds. The second kappa shape index (κ2) is 11.3. The molecule has 6 nitrogen and oxygen atoms in total. The lowest BCUT2D eigenvalue weighted by Crippen LogP contribution is -2.30. The normalized spacial score (nSPS) is 10.6. The molecule has 2 aromatic carbocycles.